The van der Waals surface area contributed by atoms with Gasteiger partial charge in [-0.05, 0) is 56.4 Å². The quantitative estimate of drug-likeness (QED) is 0.0377. The summed E-state index contributed by atoms with van der Waals surface area (Å²) in [7, 11) is 0. The van der Waals surface area contributed by atoms with Gasteiger partial charge in [0, 0.05) is 29.2 Å². The van der Waals surface area contributed by atoms with Gasteiger partial charge >= 0.3 is 6.09 Å². The van der Waals surface area contributed by atoms with Gasteiger partial charge in [0.1, 0.15) is 114 Å². The Kier molecular flexibility index (Phi) is 18.4. The van der Waals surface area contributed by atoms with E-state index in [1.54, 1.807) is 21.2 Å². The average molecular weight is 989 g/mol. The number of aromatic nitrogens is 1. The van der Waals surface area contributed by atoms with Gasteiger partial charge in [-0.25, -0.2) is 14.2 Å². The van der Waals surface area contributed by atoms with Gasteiger partial charge in [-0.3, -0.25) is 9.69 Å². The van der Waals surface area contributed by atoms with E-state index in [0.29, 0.717) is 42.9 Å². The molecule has 10 N–H and O–H groups in total. The number of carbonyl (C=O) groups excluding carboxylic acids is 2. The van der Waals surface area contributed by atoms with Crippen LogP contribution in [0.25, 0.3) is 0 Å². The lowest BCUT2D eigenvalue weighted by Gasteiger charge is -2.48. The third-order valence-corrected chi connectivity index (χ3v) is 13.3. The Balaban J connectivity index is 0.790. The van der Waals surface area contributed by atoms with Gasteiger partial charge in [0.25, 0.3) is 6.04 Å². The van der Waals surface area contributed by atoms with Gasteiger partial charge < -0.3 is 84.2 Å². The van der Waals surface area contributed by atoms with E-state index in [-0.39, 0.29) is 30.7 Å². The van der Waals surface area contributed by atoms with Crippen LogP contribution in [-0.2, 0) is 33.2 Å². The molecule has 17 atom stereocenters. The topological polar surface area (TPSA) is 345 Å². The molecule has 1 amide bonds. The molecule has 4 fully saturated rings. The van der Waals surface area contributed by atoms with Gasteiger partial charge in [-0.1, -0.05) is 6.42 Å². The summed E-state index contributed by atoms with van der Waals surface area (Å²) in [5, 5.41) is 115. The zero-order chi connectivity index (χ0) is 48.6. The maximum atomic E-state index is 13.3. The predicted molar refractivity (Wildman–Crippen MR) is 225 cm³/mol. The van der Waals surface area contributed by atoms with Crippen molar-refractivity contribution >= 4 is 29.4 Å². The van der Waals surface area contributed by atoms with Crippen LogP contribution in [0.3, 0.4) is 0 Å². The molecule has 2 aromatic rings. The van der Waals surface area contributed by atoms with Crippen molar-refractivity contribution in [2.75, 3.05) is 46.1 Å². The number of thiazole rings is 1. The minimum absolute atomic E-state index is 0.0179. The summed E-state index contributed by atoms with van der Waals surface area (Å²) < 4.78 is 54.2. The van der Waals surface area contributed by atoms with Gasteiger partial charge in [0.2, 0.25) is 5.78 Å². The molecule has 7 unspecified atom stereocenters. The van der Waals surface area contributed by atoms with E-state index in [1.165, 1.54) is 35.6 Å². The number of hydrogen-bond donors (Lipinski definition) is 10. The Labute approximate surface area is 392 Å². The zero-order valence-corrected chi connectivity index (χ0v) is 37.5. The summed E-state index contributed by atoms with van der Waals surface area (Å²) in [6.45, 7) is -1.23. The third-order valence-electron chi connectivity index (χ3n) is 12.3. The number of nitrogens with zero attached hydrogens (tertiary/aromatic N) is 5. The summed E-state index contributed by atoms with van der Waals surface area (Å²) in [6.07, 6.45) is -19.5. The van der Waals surface area contributed by atoms with Gasteiger partial charge in [-0.15, -0.1) is 16.0 Å². The minimum atomic E-state index is -1.94. The van der Waals surface area contributed by atoms with Crippen LogP contribution in [-0.4, -0.2) is 228 Å². The number of rotatable bonds is 20. The first-order chi connectivity index (χ1) is 32.7. The molecular formula is C42H59FN5O19S+. The standard InChI is InChI=1S/C42H59FN5O19S/c43-21-9-7-20(8-10-21)28(52)23-19-68-38(44-23)24-6-5-12-48(24)42(60)62-18-22-14-47(46-45-22)11-3-1-2-4-13-61-39-34(58)31(55)36(26(16-50)64-39)67-41-35(59)32(56)37(27(17-51)65-41)66-40-33(57)30(54)29(53)25(15-49)63-40/h7-10,14,19,22,24-27,29-37,39-41,49-51,53-59H,1-6,11-13,15-18H2/q+1/t22?,24-,25?,26?,27?,29+,30-,31+,32+,33?,34?,35?,36+,37+,39+,40-,41-/m0/s1. The largest absolute Gasteiger partial charge is 0.444 e. The first kappa shape index (κ1) is 52.2. The van der Waals surface area contributed by atoms with Crippen LogP contribution in [0.15, 0.2) is 40.0 Å². The first-order valence-corrected chi connectivity index (χ1v) is 23.3. The first-order valence-electron chi connectivity index (χ1n) is 22.4. The Morgan fingerprint density at radius 1 is 0.765 bits per heavy atom. The fraction of sp³-hybridized carbons (Fsp3) is 0.714. The van der Waals surface area contributed by atoms with E-state index >= 15 is 0 Å². The van der Waals surface area contributed by atoms with Crippen LogP contribution in [0.5, 0.6) is 0 Å². The average Bonchev–Trinajstić information content (AvgIpc) is 4.14. The number of halogens is 1. The Hall–Kier alpha value is -3.65. The van der Waals surface area contributed by atoms with Gasteiger partial charge in [0.15, 0.2) is 18.9 Å². The monoisotopic (exact) mass is 988 g/mol. The molecule has 1 aromatic carbocycles. The van der Waals surface area contributed by atoms with Crippen molar-refractivity contribution in [1.82, 2.24) is 9.88 Å². The normalized spacial score (nSPS) is 36.2. The van der Waals surface area contributed by atoms with Crippen LogP contribution >= 0.6 is 11.3 Å². The van der Waals surface area contributed by atoms with Crippen molar-refractivity contribution in [3.05, 3.63) is 51.7 Å². The molecule has 0 radical (unpaired) electrons. The number of ketones is 1. The smallest absolute Gasteiger partial charge is 0.410 e. The number of aliphatic hydroxyl groups excluding tert-OH is 10. The molecule has 7 rings (SSSR count). The van der Waals surface area contributed by atoms with Crippen LogP contribution in [0.1, 0.15) is 65.6 Å². The van der Waals surface area contributed by atoms with Crippen molar-refractivity contribution in [3.8, 4) is 0 Å². The molecule has 6 heterocycles. The summed E-state index contributed by atoms with van der Waals surface area (Å²) in [5.74, 6) is -0.780. The molecule has 1 aromatic heterocycles. The maximum Gasteiger partial charge on any atom is 0.410 e. The highest BCUT2D eigenvalue weighted by atomic mass is 32.1. The second-order valence-electron chi connectivity index (χ2n) is 17.0. The molecule has 0 bridgehead atoms. The SMILES string of the molecule is O=C(c1ccc(F)cc1)c1csc([C@@H]2CCCN2C(=O)OCC2C=[N+](CCCCCCO[C@@H]3OC(CO)[C@@H](O[C@@H]4OC(CO)[C@@H](O[C@@H]5OC(CO)[C@@H](O)[C@H](O)C5O)[C@H](O)C4O)[C@H](O)C3O)N=N2)n1. The Morgan fingerprint density at radius 3 is 2.03 bits per heavy atom. The van der Waals surface area contributed by atoms with Crippen LogP contribution in [0.2, 0.25) is 0 Å². The summed E-state index contributed by atoms with van der Waals surface area (Å²) >= 11 is 1.28. The van der Waals surface area contributed by atoms with Crippen molar-refractivity contribution in [2.45, 2.75) is 143 Å². The molecular weight excluding hydrogens is 930 g/mol. The zero-order valence-electron chi connectivity index (χ0n) is 36.6. The summed E-state index contributed by atoms with van der Waals surface area (Å²) in [5.41, 5.74) is 0.542. The number of carbonyl (C=O) groups is 2. The van der Waals surface area contributed by atoms with Crippen LogP contribution < -0.4 is 0 Å². The number of likely N-dealkylation sites (tertiary alicyclic amines) is 1. The molecule has 378 valence electrons. The number of benzene rings is 1. The van der Waals surface area contributed by atoms with Crippen LogP contribution in [0, 0.1) is 5.82 Å². The highest BCUT2D eigenvalue weighted by molar-refractivity contribution is 7.10. The summed E-state index contributed by atoms with van der Waals surface area (Å²) in [6, 6.07) is 4.41. The third kappa shape index (κ3) is 12.1. The lowest BCUT2D eigenvalue weighted by molar-refractivity contribution is -0.532. The van der Waals surface area contributed by atoms with E-state index in [4.69, 9.17) is 33.2 Å². The molecule has 5 aliphatic rings. The molecule has 5 aliphatic heterocycles. The molecule has 0 aliphatic carbocycles. The van der Waals surface area contributed by atoms with Gasteiger partial charge in [-0.2, -0.15) is 0 Å². The second-order valence-corrected chi connectivity index (χ2v) is 17.9. The number of unbranched alkanes of at least 4 members (excludes halogenated alkanes) is 3. The van der Waals surface area contributed by atoms with E-state index in [0.717, 1.165) is 19.3 Å². The fourth-order valence-electron chi connectivity index (χ4n) is 8.47. The molecule has 0 spiro atoms. The number of aliphatic hydroxyl groups is 10. The second kappa shape index (κ2) is 24.0. The predicted octanol–water partition coefficient (Wildman–Crippen LogP) is -2.36. The summed E-state index contributed by atoms with van der Waals surface area (Å²) in [4.78, 5) is 32.0. The highest BCUT2D eigenvalue weighted by Crippen LogP contribution is 2.36. The van der Waals surface area contributed by atoms with E-state index in [9.17, 15) is 65.0 Å². The van der Waals surface area contributed by atoms with Crippen molar-refractivity contribution in [2.24, 2.45) is 10.3 Å². The van der Waals surface area contributed by atoms with Crippen molar-refractivity contribution in [3.63, 3.8) is 0 Å². The van der Waals surface area contributed by atoms with Crippen molar-refractivity contribution < 1.29 is 103 Å². The van der Waals surface area contributed by atoms with E-state index < -0.39 is 130 Å². The molecule has 26 heteroatoms. The molecule has 0 saturated carbocycles. The Morgan fingerprint density at radius 2 is 1.37 bits per heavy atom. The lowest BCUT2D eigenvalue weighted by atomic mass is 9.96. The molecule has 68 heavy (non-hydrogen) atoms. The highest BCUT2D eigenvalue weighted by Gasteiger charge is 2.53. The maximum absolute atomic E-state index is 13.3. The van der Waals surface area contributed by atoms with E-state index in [1.807, 2.05) is 0 Å². The fourth-order valence-corrected chi connectivity index (χ4v) is 9.42. The number of ether oxygens (including phenoxy) is 7. The molecule has 4 saturated heterocycles. The minimum Gasteiger partial charge on any atom is -0.444 e. The van der Waals surface area contributed by atoms with Crippen molar-refractivity contribution in [1.29, 1.82) is 0 Å². The Bertz CT molecular complexity index is 2020. The van der Waals surface area contributed by atoms with Crippen LogP contribution in [0.4, 0.5) is 9.18 Å². The molecule has 24 nitrogen and oxygen atoms in total. The van der Waals surface area contributed by atoms with E-state index in [2.05, 4.69) is 15.3 Å². The number of amides is 1. The number of hydrogen-bond acceptors (Lipinski definition) is 23. The lowest BCUT2D eigenvalue weighted by Crippen LogP contribution is -2.66. The van der Waals surface area contributed by atoms with Gasteiger partial charge in [0.05, 0.1) is 25.9 Å².